The molecule has 55 heavy (non-hydrogen) atoms. The first kappa shape index (κ1) is 42.1. The molecule has 1 saturated heterocycles. The number of rotatable bonds is 17. The maximum absolute atomic E-state index is 13.9. The molecule has 0 unspecified atom stereocenters. The van der Waals surface area contributed by atoms with Crippen LogP contribution in [0, 0.1) is 5.41 Å². The Kier molecular flexibility index (Phi) is 15.1. The second-order valence-electron chi connectivity index (χ2n) is 15.8. The van der Waals surface area contributed by atoms with Crippen molar-refractivity contribution in [3.63, 3.8) is 0 Å². The lowest BCUT2D eigenvalue weighted by Crippen LogP contribution is -2.44. The van der Waals surface area contributed by atoms with E-state index in [0.29, 0.717) is 29.1 Å². The number of aryl methyl sites for hydroxylation is 2. The number of likely N-dealkylation sites (N-methyl/N-ethyl adjacent to an activating group) is 1. The predicted octanol–water partition coefficient (Wildman–Crippen LogP) is 7.81. The molecular formula is C44H61N5O5S. The van der Waals surface area contributed by atoms with Crippen LogP contribution in [0.2, 0.25) is 0 Å². The first-order valence-corrected chi connectivity index (χ1v) is 21.0. The highest BCUT2D eigenvalue weighted by atomic mass is 32.1. The fraction of sp³-hybridized carbons (Fsp3) is 0.545. The number of fused-ring (bicyclic) bond motifs is 1. The maximum atomic E-state index is 13.9. The summed E-state index contributed by atoms with van der Waals surface area (Å²) < 4.78 is 4.95. The highest BCUT2D eigenvalue weighted by Gasteiger charge is 2.31. The molecule has 298 valence electrons. The van der Waals surface area contributed by atoms with Gasteiger partial charge in [-0.05, 0) is 126 Å². The van der Waals surface area contributed by atoms with E-state index < -0.39 is 5.41 Å². The predicted molar refractivity (Wildman–Crippen MR) is 222 cm³/mol. The topological polar surface area (TPSA) is 111 Å². The lowest BCUT2D eigenvalue weighted by Gasteiger charge is -2.32. The third-order valence-corrected chi connectivity index (χ3v) is 12.5. The van der Waals surface area contributed by atoms with Crippen LogP contribution in [0.5, 0.6) is 0 Å². The van der Waals surface area contributed by atoms with Crippen LogP contribution >= 0.6 is 11.3 Å². The molecule has 0 saturated carbocycles. The van der Waals surface area contributed by atoms with Crippen molar-refractivity contribution < 1.29 is 23.9 Å². The number of hydrogen-bond donors (Lipinski definition) is 2. The van der Waals surface area contributed by atoms with Crippen molar-refractivity contribution in [3.8, 4) is 0 Å². The van der Waals surface area contributed by atoms with Gasteiger partial charge in [-0.25, -0.2) is 0 Å². The van der Waals surface area contributed by atoms with E-state index in [2.05, 4.69) is 53.5 Å². The first-order valence-electron chi connectivity index (χ1n) is 20.2. The zero-order valence-corrected chi connectivity index (χ0v) is 34.6. The van der Waals surface area contributed by atoms with Crippen LogP contribution in [-0.4, -0.2) is 91.3 Å². The van der Waals surface area contributed by atoms with E-state index in [0.717, 1.165) is 106 Å². The molecule has 1 fully saturated rings. The summed E-state index contributed by atoms with van der Waals surface area (Å²) in [6, 6.07) is 15.5. The van der Waals surface area contributed by atoms with E-state index in [-0.39, 0.29) is 36.2 Å². The van der Waals surface area contributed by atoms with Gasteiger partial charge in [-0.2, -0.15) is 0 Å². The Balaban J connectivity index is 1.25. The van der Waals surface area contributed by atoms with Crippen LogP contribution < -0.4 is 10.6 Å². The molecule has 2 aliphatic rings. The second-order valence-corrected chi connectivity index (χ2v) is 16.9. The number of benzene rings is 2. The molecule has 1 aliphatic carbocycles. The molecule has 2 N–H and O–H groups in total. The molecule has 2 aromatic carbocycles. The number of anilines is 2. The molecule has 3 aromatic rings. The van der Waals surface area contributed by atoms with Crippen LogP contribution in [0.3, 0.4) is 0 Å². The SMILES string of the molecule is CCC(CC)N(Cc1cccc(C(=O)Nc2sc3c(c2C(=O)Nc2ccc(CCCN4CCN(C)CC4)cc2)CCCC3)c1)C(=O)CCC(C)(C)C(=O)OC. The van der Waals surface area contributed by atoms with Gasteiger partial charge in [0.2, 0.25) is 5.91 Å². The van der Waals surface area contributed by atoms with Crippen molar-refractivity contribution in [2.24, 2.45) is 5.41 Å². The normalized spacial score (nSPS) is 15.0. The minimum Gasteiger partial charge on any atom is -0.469 e. The minimum atomic E-state index is -0.770. The van der Waals surface area contributed by atoms with Gasteiger partial charge in [0.1, 0.15) is 5.00 Å². The van der Waals surface area contributed by atoms with Crippen LogP contribution in [0.1, 0.15) is 115 Å². The van der Waals surface area contributed by atoms with Gasteiger partial charge >= 0.3 is 5.97 Å². The Labute approximate surface area is 332 Å². The molecular weight excluding hydrogens is 711 g/mol. The number of piperazine rings is 1. The summed E-state index contributed by atoms with van der Waals surface area (Å²) in [6.45, 7) is 13.7. The summed E-state index contributed by atoms with van der Waals surface area (Å²) in [4.78, 5) is 61.6. The summed E-state index contributed by atoms with van der Waals surface area (Å²) in [5, 5.41) is 6.79. The lowest BCUT2D eigenvalue weighted by molar-refractivity contribution is -0.151. The van der Waals surface area contributed by atoms with Crippen molar-refractivity contribution in [1.82, 2.24) is 14.7 Å². The van der Waals surface area contributed by atoms with Crippen molar-refractivity contribution in [1.29, 1.82) is 0 Å². The van der Waals surface area contributed by atoms with Crippen molar-refractivity contribution in [3.05, 3.63) is 81.2 Å². The number of thiophene rings is 1. The number of hydrogen-bond acceptors (Lipinski definition) is 8. The average Bonchev–Trinajstić information content (AvgIpc) is 3.56. The fourth-order valence-electron chi connectivity index (χ4n) is 7.70. The zero-order chi connectivity index (χ0) is 39.5. The van der Waals surface area contributed by atoms with Crippen molar-refractivity contribution in [2.75, 3.05) is 57.5 Å². The van der Waals surface area contributed by atoms with Gasteiger partial charge in [-0.1, -0.05) is 38.1 Å². The quantitative estimate of drug-likeness (QED) is 0.135. The van der Waals surface area contributed by atoms with Crippen molar-refractivity contribution in [2.45, 2.75) is 104 Å². The Hall–Kier alpha value is -4.06. The maximum Gasteiger partial charge on any atom is 0.311 e. The van der Waals surface area contributed by atoms with E-state index in [4.69, 9.17) is 4.74 Å². The van der Waals surface area contributed by atoms with Gasteiger partial charge in [0.15, 0.2) is 0 Å². The summed E-state index contributed by atoms with van der Waals surface area (Å²) >= 11 is 1.50. The number of carbonyl (C=O) groups excluding carboxylic acids is 4. The molecule has 0 bridgehead atoms. The Bertz CT molecular complexity index is 1770. The number of methoxy groups -OCH3 is 1. The average molecular weight is 772 g/mol. The molecule has 5 rings (SSSR count). The Morgan fingerprint density at radius 1 is 0.909 bits per heavy atom. The molecule has 2 heterocycles. The van der Waals surface area contributed by atoms with Gasteiger partial charge in [0.25, 0.3) is 11.8 Å². The van der Waals surface area contributed by atoms with Crippen LogP contribution in [-0.2, 0) is 40.1 Å². The minimum absolute atomic E-state index is 0.0214. The second kappa shape index (κ2) is 19.7. The van der Waals surface area contributed by atoms with Crippen LogP contribution in [0.25, 0.3) is 0 Å². The number of esters is 1. The third-order valence-electron chi connectivity index (χ3n) is 11.3. The van der Waals surface area contributed by atoms with E-state index in [1.54, 1.807) is 19.9 Å². The number of amides is 3. The van der Waals surface area contributed by atoms with Gasteiger partial charge in [-0.3, -0.25) is 19.2 Å². The molecule has 1 aromatic heterocycles. The van der Waals surface area contributed by atoms with E-state index >= 15 is 0 Å². The molecule has 0 radical (unpaired) electrons. The van der Waals surface area contributed by atoms with Crippen LogP contribution in [0.4, 0.5) is 10.7 Å². The van der Waals surface area contributed by atoms with Gasteiger partial charge in [0, 0.05) is 61.3 Å². The van der Waals surface area contributed by atoms with E-state index in [9.17, 15) is 19.2 Å². The van der Waals surface area contributed by atoms with E-state index in [1.165, 1.54) is 24.0 Å². The highest BCUT2D eigenvalue weighted by Crippen LogP contribution is 2.39. The summed E-state index contributed by atoms with van der Waals surface area (Å²) in [6.07, 6.45) is 8.05. The van der Waals surface area contributed by atoms with Gasteiger partial charge in [0.05, 0.1) is 18.1 Å². The first-order chi connectivity index (χ1) is 26.4. The number of nitrogens with zero attached hydrogens (tertiary/aromatic N) is 3. The lowest BCUT2D eigenvalue weighted by atomic mass is 9.87. The van der Waals surface area contributed by atoms with Crippen molar-refractivity contribution >= 4 is 45.7 Å². The summed E-state index contributed by atoms with van der Waals surface area (Å²) in [5.74, 6) is -0.871. The number of ether oxygens (including phenoxy) is 1. The summed E-state index contributed by atoms with van der Waals surface area (Å²) in [5.41, 5.74) is 4.11. The molecule has 1 aliphatic heterocycles. The molecule has 11 heteroatoms. The van der Waals surface area contributed by atoms with E-state index in [1.807, 2.05) is 35.2 Å². The van der Waals surface area contributed by atoms with Gasteiger partial charge in [-0.15, -0.1) is 11.3 Å². The Morgan fingerprint density at radius 3 is 2.31 bits per heavy atom. The fourth-order valence-corrected chi connectivity index (χ4v) is 8.98. The molecule has 0 atom stereocenters. The monoisotopic (exact) mass is 771 g/mol. The molecule has 3 amide bonds. The summed E-state index contributed by atoms with van der Waals surface area (Å²) in [7, 11) is 3.54. The highest BCUT2D eigenvalue weighted by molar-refractivity contribution is 7.17. The zero-order valence-electron chi connectivity index (χ0n) is 33.8. The number of nitrogens with one attached hydrogen (secondary N) is 2. The number of carbonyl (C=O) groups is 4. The molecule has 0 spiro atoms. The third kappa shape index (κ3) is 11.3. The Morgan fingerprint density at radius 2 is 1.62 bits per heavy atom. The smallest absolute Gasteiger partial charge is 0.311 e. The largest absolute Gasteiger partial charge is 0.469 e. The standard InChI is InChI=1S/C44H61N5O5S/c1-7-35(8-2)49(38(50)22-23-44(3,4)43(53)54-6)30-32-13-11-15-33(29-32)40(51)46-42-39(36-16-9-10-17-37(36)55-42)41(52)45-34-20-18-31(19-21-34)14-12-24-48-27-25-47(5)26-28-48/h11,13,15,18-21,29,35H,7-10,12,14,16-17,22-28,30H2,1-6H3,(H,45,52)(H,46,51). The van der Waals surface area contributed by atoms with Crippen LogP contribution in [0.15, 0.2) is 48.5 Å². The van der Waals surface area contributed by atoms with Gasteiger partial charge < -0.3 is 30.1 Å². The molecule has 10 nitrogen and oxygen atoms in total.